The molecule has 0 fully saturated rings. The van der Waals surface area contributed by atoms with Gasteiger partial charge in [-0.1, -0.05) is 44.5 Å². The van der Waals surface area contributed by atoms with Crippen LogP contribution in [-0.2, 0) is 12.0 Å². The van der Waals surface area contributed by atoms with Crippen LogP contribution in [0.2, 0.25) is 0 Å². The highest BCUT2D eigenvalue weighted by atomic mass is 32.1. The molecule has 0 aliphatic heterocycles. The summed E-state index contributed by atoms with van der Waals surface area (Å²) >= 11 is 1.92. The van der Waals surface area contributed by atoms with Gasteiger partial charge in [-0.05, 0) is 49.4 Å². The number of nitrogens with one attached hydrogen (secondary N) is 1. The first-order chi connectivity index (χ1) is 9.77. The second-order valence-electron chi connectivity index (χ2n) is 6.98. The molecule has 1 nitrogen and oxygen atoms in total. The van der Waals surface area contributed by atoms with Gasteiger partial charge in [-0.2, -0.15) is 0 Å². The van der Waals surface area contributed by atoms with Gasteiger partial charge in [-0.25, -0.2) is 0 Å². The van der Waals surface area contributed by atoms with Gasteiger partial charge in [0.05, 0.1) is 0 Å². The van der Waals surface area contributed by atoms with Crippen LogP contribution in [0.15, 0.2) is 30.3 Å². The van der Waals surface area contributed by atoms with Crippen molar-refractivity contribution in [1.82, 2.24) is 5.32 Å². The van der Waals surface area contributed by atoms with Crippen LogP contribution in [0.4, 0.5) is 0 Å². The van der Waals surface area contributed by atoms with E-state index in [9.17, 15) is 0 Å². The second-order valence-corrected chi connectivity index (χ2v) is 8.15. The number of thiophene rings is 1. The zero-order valence-corrected chi connectivity index (χ0v) is 14.9. The number of aryl methyl sites for hydroxylation is 2. The molecule has 0 aliphatic rings. The number of benzene rings is 1. The zero-order valence-electron chi connectivity index (χ0n) is 14.1. The first-order valence-electron chi connectivity index (χ1n) is 7.67. The number of hydrogen-bond acceptors (Lipinski definition) is 2. The highest BCUT2D eigenvalue weighted by Gasteiger charge is 2.16. The Kier molecular flexibility index (Phi) is 4.90. The molecule has 0 amide bonds. The SMILES string of the molecule is Cc1ccc(C)c(C(C)NCc2ccc(C(C)(C)C)s2)c1. The summed E-state index contributed by atoms with van der Waals surface area (Å²) in [6.07, 6.45) is 0. The van der Waals surface area contributed by atoms with Crippen LogP contribution in [0.3, 0.4) is 0 Å². The third-order valence-electron chi connectivity index (χ3n) is 3.88. The third-order valence-corrected chi connectivity index (χ3v) is 5.40. The molecule has 1 aromatic carbocycles. The van der Waals surface area contributed by atoms with Crippen molar-refractivity contribution < 1.29 is 0 Å². The van der Waals surface area contributed by atoms with E-state index in [0.717, 1.165) is 6.54 Å². The molecule has 1 heterocycles. The first kappa shape index (κ1) is 16.3. The molecule has 114 valence electrons. The van der Waals surface area contributed by atoms with Gasteiger partial charge in [0.25, 0.3) is 0 Å². The van der Waals surface area contributed by atoms with Crippen molar-refractivity contribution in [3.05, 3.63) is 56.8 Å². The predicted octanol–water partition coefficient (Wildman–Crippen LogP) is 5.51. The fraction of sp³-hybridized carbons (Fsp3) is 0.474. The lowest BCUT2D eigenvalue weighted by atomic mass is 9.95. The standard InChI is InChI=1S/C19H27NS/c1-13-7-8-14(2)17(11-13)15(3)20-12-16-9-10-18(21-16)19(4,5)6/h7-11,15,20H,12H2,1-6H3. The Balaban J connectivity index is 2.02. The van der Waals surface area contributed by atoms with E-state index in [-0.39, 0.29) is 5.41 Å². The van der Waals surface area contributed by atoms with Gasteiger partial charge in [-0.3, -0.25) is 0 Å². The Morgan fingerprint density at radius 2 is 1.81 bits per heavy atom. The molecule has 0 aliphatic carbocycles. The monoisotopic (exact) mass is 301 g/mol. The molecular formula is C19H27NS. The van der Waals surface area contributed by atoms with E-state index in [0.29, 0.717) is 6.04 Å². The average molecular weight is 301 g/mol. The Labute approximate surface area is 133 Å². The Morgan fingerprint density at radius 1 is 1.10 bits per heavy atom. The molecule has 2 aromatic rings. The minimum absolute atomic E-state index is 0.252. The van der Waals surface area contributed by atoms with Crippen molar-refractivity contribution in [3.63, 3.8) is 0 Å². The van der Waals surface area contributed by atoms with Gasteiger partial charge in [-0.15, -0.1) is 11.3 Å². The van der Waals surface area contributed by atoms with Crippen molar-refractivity contribution in [2.75, 3.05) is 0 Å². The molecular weight excluding hydrogens is 274 g/mol. The van der Waals surface area contributed by atoms with Gasteiger partial charge in [0.1, 0.15) is 0 Å². The van der Waals surface area contributed by atoms with Crippen LogP contribution in [0.5, 0.6) is 0 Å². The molecule has 1 aromatic heterocycles. The fourth-order valence-corrected chi connectivity index (χ4v) is 3.48. The molecule has 0 spiro atoms. The van der Waals surface area contributed by atoms with Crippen molar-refractivity contribution in [2.24, 2.45) is 0 Å². The maximum Gasteiger partial charge on any atom is 0.0305 e. The van der Waals surface area contributed by atoms with E-state index in [2.05, 4.69) is 77.2 Å². The third kappa shape index (κ3) is 4.18. The Bertz CT molecular complexity index is 604. The maximum atomic E-state index is 3.66. The van der Waals surface area contributed by atoms with Gasteiger partial charge >= 0.3 is 0 Å². The fourth-order valence-electron chi connectivity index (χ4n) is 2.47. The highest BCUT2D eigenvalue weighted by Crippen LogP contribution is 2.29. The molecule has 0 bridgehead atoms. The Morgan fingerprint density at radius 3 is 2.43 bits per heavy atom. The summed E-state index contributed by atoms with van der Waals surface area (Å²) in [5, 5.41) is 3.66. The Hall–Kier alpha value is -1.12. The topological polar surface area (TPSA) is 12.0 Å². The molecule has 0 saturated heterocycles. The van der Waals surface area contributed by atoms with E-state index in [1.807, 2.05) is 11.3 Å². The quantitative estimate of drug-likeness (QED) is 0.784. The van der Waals surface area contributed by atoms with Crippen LogP contribution in [0, 0.1) is 13.8 Å². The summed E-state index contributed by atoms with van der Waals surface area (Å²) in [5.74, 6) is 0. The number of rotatable bonds is 4. The molecule has 0 radical (unpaired) electrons. The molecule has 2 heteroatoms. The molecule has 21 heavy (non-hydrogen) atoms. The minimum atomic E-state index is 0.252. The highest BCUT2D eigenvalue weighted by molar-refractivity contribution is 7.12. The van der Waals surface area contributed by atoms with Gasteiger partial charge in [0.15, 0.2) is 0 Å². The summed E-state index contributed by atoms with van der Waals surface area (Å²) in [7, 11) is 0. The summed E-state index contributed by atoms with van der Waals surface area (Å²) in [6.45, 7) is 14.4. The van der Waals surface area contributed by atoms with Crippen LogP contribution < -0.4 is 5.32 Å². The van der Waals surface area contributed by atoms with E-state index >= 15 is 0 Å². The lowest BCUT2D eigenvalue weighted by Gasteiger charge is -2.17. The first-order valence-corrected chi connectivity index (χ1v) is 8.49. The molecule has 2 rings (SSSR count). The molecule has 1 unspecified atom stereocenters. The van der Waals surface area contributed by atoms with E-state index in [1.165, 1.54) is 26.4 Å². The number of hydrogen-bond donors (Lipinski definition) is 1. The van der Waals surface area contributed by atoms with Gasteiger partial charge < -0.3 is 5.32 Å². The van der Waals surface area contributed by atoms with Crippen molar-refractivity contribution in [1.29, 1.82) is 0 Å². The van der Waals surface area contributed by atoms with Crippen LogP contribution in [-0.4, -0.2) is 0 Å². The summed E-state index contributed by atoms with van der Waals surface area (Å²) in [4.78, 5) is 2.87. The molecule has 1 N–H and O–H groups in total. The van der Waals surface area contributed by atoms with Crippen LogP contribution in [0.25, 0.3) is 0 Å². The van der Waals surface area contributed by atoms with Crippen LogP contribution in [0.1, 0.15) is 60.2 Å². The van der Waals surface area contributed by atoms with E-state index < -0.39 is 0 Å². The lowest BCUT2D eigenvalue weighted by molar-refractivity contribution is 0.576. The largest absolute Gasteiger partial charge is 0.305 e. The molecule has 0 saturated carbocycles. The van der Waals surface area contributed by atoms with Crippen molar-refractivity contribution in [3.8, 4) is 0 Å². The van der Waals surface area contributed by atoms with Gasteiger partial charge in [0.2, 0.25) is 0 Å². The van der Waals surface area contributed by atoms with Gasteiger partial charge in [0, 0.05) is 22.3 Å². The summed E-state index contributed by atoms with van der Waals surface area (Å²) < 4.78 is 0. The van der Waals surface area contributed by atoms with Crippen LogP contribution >= 0.6 is 11.3 Å². The summed E-state index contributed by atoms with van der Waals surface area (Å²) in [5.41, 5.74) is 4.35. The van der Waals surface area contributed by atoms with Crippen molar-refractivity contribution >= 4 is 11.3 Å². The second kappa shape index (κ2) is 6.33. The lowest BCUT2D eigenvalue weighted by Crippen LogP contribution is -2.18. The normalized spacial score (nSPS) is 13.4. The average Bonchev–Trinajstić information content (AvgIpc) is 2.87. The minimum Gasteiger partial charge on any atom is -0.305 e. The van der Waals surface area contributed by atoms with E-state index in [4.69, 9.17) is 0 Å². The summed E-state index contributed by atoms with van der Waals surface area (Å²) in [6, 6.07) is 11.6. The molecule has 1 atom stereocenters. The smallest absolute Gasteiger partial charge is 0.0305 e. The predicted molar refractivity (Wildman–Crippen MR) is 94.2 cm³/mol. The zero-order chi connectivity index (χ0) is 15.6. The maximum absolute atomic E-state index is 3.66. The van der Waals surface area contributed by atoms with Crippen molar-refractivity contribution in [2.45, 2.75) is 59.5 Å². The van der Waals surface area contributed by atoms with E-state index in [1.54, 1.807) is 0 Å².